The molecule has 0 radical (unpaired) electrons. The summed E-state index contributed by atoms with van der Waals surface area (Å²) in [7, 11) is 3.84. The van der Waals surface area contributed by atoms with Gasteiger partial charge in [0, 0.05) is 33.3 Å². The minimum atomic E-state index is 0.797. The SMILES string of the molecule is CNc1cc(N2CCOCC2)nn1C. The molecule has 2 heterocycles. The molecule has 1 N–H and O–H groups in total. The summed E-state index contributed by atoms with van der Waals surface area (Å²) >= 11 is 0. The number of morpholine rings is 1. The van der Waals surface area contributed by atoms with Crippen LogP contribution in [0.5, 0.6) is 0 Å². The molecule has 5 heteroatoms. The molecule has 14 heavy (non-hydrogen) atoms. The van der Waals surface area contributed by atoms with E-state index in [0.717, 1.165) is 37.9 Å². The van der Waals surface area contributed by atoms with Gasteiger partial charge in [0.05, 0.1) is 13.2 Å². The van der Waals surface area contributed by atoms with Gasteiger partial charge in [-0.05, 0) is 0 Å². The van der Waals surface area contributed by atoms with Gasteiger partial charge in [-0.1, -0.05) is 0 Å². The fourth-order valence-corrected chi connectivity index (χ4v) is 1.63. The molecule has 0 saturated carbocycles. The fraction of sp³-hybridized carbons (Fsp3) is 0.667. The summed E-state index contributed by atoms with van der Waals surface area (Å²) in [5.41, 5.74) is 0. The minimum absolute atomic E-state index is 0.797. The number of ether oxygens (including phenoxy) is 1. The summed E-state index contributed by atoms with van der Waals surface area (Å²) in [5, 5.41) is 7.53. The number of rotatable bonds is 2. The van der Waals surface area contributed by atoms with Gasteiger partial charge in [0.25, 0.3) is 0 Å². The Bertz CT molecular complexity index is 304. The fourth-order valence-electron chi connectivity index (χ4n) is 1.63. The second-order valence-electron chi connectivity index (χ2n) is 3.36. The standard InChI is InChI=1S/C9H16N4O/c1-10-8-7-9(11-12(8)2)13-3-5-14-6-4-13/h7,10H,3-6H2,1-2H3. The van der Waals surface area contributed by atoms with Crippen LogP contribution in [0, 0.1) is 0 Å². The maximum atomic E-state index is 5.29. The average molecular weight is 196 g/mol. The van der Waals surface area contributed by atoms with Gasteiger partial charge in [-0.2, -0.15) is 5.10 Å². The van der Waals surface area contributed by atoms with Crippen LogP contribution in [0.25, 0.3) is 0 Å². The Hall–Kier alpha value is -1.23. The van der Waals surface area contributed by atoms with Crippen molar-refractivity contribution in [3.63, 3.8) is 0 Å². The van der Waals surface area contributed by atoms with E-state index in [1.807, 2.05) is 18.8 Å². The first-order chi connectivity index (χ1) is 6.81. The van der Waals surface area contributed by atoms with Crippen molar-refractivity contribution < 1.29 is 4.74 Å². The van der Waals surface area contributed by atoms with Crippen LogP contribution in [-0.4, -0.2) is 43.1 Å². The smallest absolute Gasteiger partial charge is 0.152 e. The van der Waals surface area contributed by atoms with Crippen LogP contribution >= 0.6 is 0 Å². The van der Waals surface area contributed by atoms with Crippen molar-refractivity contribution in [1.29, 1.82) is 0 Å². The summed E-state index contributed by atoms with van der Waals surface area (Å²) < 4.78 is 7.14. The van der Waals surface area contributed by atoms with E-state index >= 15 is 0 Å². The summed E-state index contributed by atoms with van der Waals surface area (Å²) in [6.45, 7) is 3.46. The van der Waals surface area contributed by atoms with Crippen molar-refractivity contribution in [3.8, 4) is 0 Å². The molecule has 1 aromatic heterocycles. The Labute approximate surface area is 83.6 Å². The highest BCUT2D eigenvalue weighted by molar-refractivity contribution is 5.50. The van der Waals surface area contributed by atoms with E-state index in [4.69, 9.17) is 4.74 Å². The van der Waals surface area contributed by atoms with Gasteiger partial charge in [-0.3, -0.25) is 4.68 Å². The van der Waals surface area contributed by atoms with Gasteiger partial charge < -0.3 is 15.0 Å². The zero-order chi connectivity index (χ0) is 9.97. The molecule has 0 aliphatic carbocycles. The number of hydrogen-bond acceptors (Lipinski definition) is 4. The van der Waals surface area contributed by atoms with E-state index in [2.05, 4.69) is 21.4 Å². The molecule has 0 bridgehead atoms. The summed E-state index contributed by atoms with van der Waals surface area (Å²) in [4.78, 5) is 2.24. The third-order valence-electron chi connectivity index (χ3n) is 2.46. The zero-order valence-corrected chi connectivity index (χ0v) is 8.66. The molecule has 0 spiro atoms. The first kappa shape index (κ1) is 9.33. The van der Waals surface area contributed by atoms with Crippen LogP contribution in [-0.2, 0) is 11.8 Å². The topological polar surface area (TPSA) is 42.3 Å². The molecule has 1 aromatic rings. The second kappa shape index (κ2) is 3.88. The quantitative estimate of drug-likeness (QED) is 0.738. The lowest BCUT2D eigenvalue weighted by molar-refractivity contribution is 0.122. The monoisotopic (exact) mass is 196 g/mol. The Balaban J connectivity index is 2.14. The number of nitrogens with one attached hydrogen (secondary N) is 1. The van der Waals surface area contributed by atoms with Crippen LogP contribution in [0.15, 0.2) is 6.07 Å². The second-order valence-corrected chi connectivity index (χ2v) is 3.36. The molecule has 0 aromatic carbocycles. The van der Waals surface area contributed by atoms with Gasteiger partial charge in [-0.15, -0.1) is 0 Å². The number of nitrogens with zero attached hydrogens (tertiary/aromatic N) is 3. The van der Waals surface area contributed by atoms with Crippen molar-refractivity contribution in [3.05, 3.63) is 6.07 Å². The molecule has 1 saturated heterocycles. The van der Waals surface area contributed by atoms with E-state index in [1.54, 1.807) is 0 Å². The van der Waals surface area contributed by atoms with Crippen LogP contribution < -0.4 is 10.2 Å². The largest absolute Gasteiger partial charge is 0.378 e. The van der Waals surface area contributed by atoms with Crippen LogP contribution in [0.2, 0.25) is 0 Å². The molecule has 1 aliphatic rings. The molecule has 0 atom stereocenters. The van der Waals surface area contributed by atoms with Crippen LogP contribution in [0.4, 0.5) is 11.6 Å². The highest BCUT2D eigenvalue weighted by Crippen LogP contribution is 2.18. The zero-order valence-electron chi connectivity index (χ0n) is 8.66. The van der Waals surface area contributed by atoms with Gasteiger partial charge in [0.1, 0.15) is 5.82 Å². The molecule has 5 nitrogen and oxygen atoms in total. The number of aromatic nitrogens is 2. The average Bonchev–Trinajstić information content (AvgIpc) is 2.61. The maximum Gasteiger partial charge on any atom is 0.152 e. The molecule has 1 aliphatic heterocycles. The van der Waals surface area contributed by atoms with Gasteiger partial charge in [0.15, 0.2) is 5.82 Å². The number of anilines is 2. The third-order valence-corrected chi connectivity index (χ3v) is 2.46. The molecular weight excluding hydrogens is 180 g/mol. The minimum Gasteiger partial charge on any atom is -0.378 e. The van der Waals surface area contributed by atoms with Crippen molar-refractivity contribution in [1.82, 2.24) is 9.78 Å². The normalized spacial score (nSPS) is 17.1. The lowest BCUT2D eigenvalue weighted by Crippen LogP contribution is -2.36. The number of aryl methyl sites for hydroxylation is 1. The van der Waals surface area contributed by atoms with Crippen molar-refractivity contribution in [2.75, 3.05) is 43.6 Å². The Kier molecular flexibility index (Phi) is 2.58. The van der Waals surface area contributed by atoms with Crippen LogP contribution in [0.3, 0.4) is 0 Å². The maximum absolute atomic E-state index is 5.29. The molecule has 78 valence electrons. The lowest BCUT2D eigenvalue weighted by atomic mass is 10.4. The Morgan fingerprint density at radius 3 is 2.71 bits per heavy atom. The van der Waals surface area contributed by atoms with E-state index < -0.39 is 0 Å². The van der Waals surface area contributed by atoms with Crippen molar-refractivity contribution in [2.45, 2.75) is 0 Å². The van der Waals surface area contributed by atoms with Crippen LogP contribution in [0.1, 0.15) is 0 Å². The summed E-state index contributed by atoms with van der Waals surface area (Å²) in [6, 6.07) is 2.06. The van der Waals surface area contributed by atoms with Gasteiger partial charge in [-0.25, -0.2) is 0 Å². The number of hydrogen-bond donors (Lipinski definition) is 1. The highest BCUT2D eigenvalue weighted by atomic mass is 16.5. The van der Waals surface area contributed by atoms with E-state index in [-0.39, 0.29) is 0 Å². The van der Waals surface area contributed by atoms with E-state index in [1.165, 1.54) is 0 Å². The highest BCUT2D eigenvalue weighted by Gasteiger charge is 2.14. The first-order valence-corrected chi connectivity index (χ1v) is 4.86. The predicted octanol–water partition coefficient (Wildman–Crippen LogP) is 0.298. The molecule has 2 rings (SSSR count). The molecule has 0 unspecified atom stereocenters. The summed E-state index contributed by atoms with van der Waals surface area (Å²) in [6.07, 6.45) is 0. The Morgan fingerprint density at radius 1 is 1.43 bits per heavy atom. The molecular formula is C9H16N4O. The van der Waals surface area contributed by atoms with E-state index in [0.29, 0.717) is 0 Å². The van der Waals surface area contributed by atoms with Gasteiger partial charge >= 0.3 is 0 Å². The van der Waals surface area contributed by atoms with Crippen molar-refractivity contribution in [2.24, 2.45) is 7.05 Å². The third kappa shape index (κ3) is 1.68. The lowest BCUT2D eigenvalue weighted by Gasteiger charge is -2.26. The first-order valence-electron chi connectivity index (χ1n) is 4.86. The van der Waals surface area contributed by atoms with Crippen molar-refractivity contribution >= 4 is 11.6 Å². The Morgan fingerprint density at radius 2 is 2.14 bits per heavy atom. The molecule has 1 fully saturated rings. The molecule has 0 amide bonds. The predicted molar refractivity (Wildman–Crippen MR) is 55.8 cm³/mol. The van der Waals surface area contributed by atoms with E-state index in [9.17, 15) is 0 Å². The summed E-state index contributed by atoms with van der Waals surface area (Å²) in [5.74, 6) is 2.06. The van der Waals surface area contributed by atoms with Gasteiger partial charge in [0.2, 0.25) is 0 Å².